The van der Waals surface area contributed by atoms with Crippen molar-refractivity contribution < 1.29 is 44.2 Å². The summed E-state index contributed by atoms with van der Waals surface area (Å²) in [6, 6.07) is 0. The predicted octanol–water partition coefficient (Wildman–Crippen LogP) is 10.9. The van der Waals surface area contributed by atoms with E-state index in [1.807, 2.05) is 0 Å². The van der Waals surface area contributed by atoms with Gasteiger partial charge in [0.05, 0.1) is 19.8 Å². The van der Waals surface area contributed by atoms with Gasteiger partial charge in [0.2, 0.25) is 0 Å². The number of ether oxygens (including phenoxy) is 4. The van der Waals surface area contributed by atoms with Crippen LogP contribution in [0.25, 0.3) is 0 Å². The maximum absolute atomic E-state index is 12.8. The number of unbranched alkanes of at least 4 members (excludes halogenated alkanes) is 4. The van der Waals surface area contributed by atoms with E-state index in [9.17, 15) is 25.2 Å². The molecule has 1 heterocycles. The number of hydrogen-bond acceptors (Lipinski definition) is 9. The molecule has 0 amide bonds. The monoisotopic (exact) mass is 863 g/mol. The SMILES string of the molecule is CC/C=C\C/C=C\C/C=C\C/C=C\C/C=C\C/C=C\C/C=C\CCCCCC(=O)OC(COCCC/C=C\C/C=C\C/C=C\C/C=C\CC)COC1OC(CO)C(O)C(O)C1O. The maximum Gasteiger partial charge on any atom is 0.306 e. The van der Waals surface area contributed by atoms with Crippen LogP contribution in [0.5, 0.6) is 0 Å². The fourth-order valence-corrected chi connectivity index (χ4v) is 6.00. The van der Waals surface area contributed by atoms with Crippen molar-refractivity contribution in [3.63, 3.8) is 0 Å². The molecule has 9 heteroatoms. The van der Waals surface area contributed by atoms with E-state index in [-0.39, 0.29) is 25.6 Å². The normalized spacial score (nSPS) is 21.0. The maximum atomic E-state index is 12.8. The van der Waals surface area contributed by atoms with Gasteiger partial charge in [-0.1, -0.05) is 154 Å². The molecule has 1 aliphatic rings. The van der Waals surface area contributed by atoms with Gasteiger partial charge in [-0.05, 0) is 103 Å². The lowest BCUT2D eigenvalue weighted by atomic mass is 9.99. The van der Waals surface area contributed by atoms with Gasteiger partial charge in [0.15, 0.2) is 6.29 Å². The lowest BCUT2D eigenvalue weighted by molar-refractivity contribution is -0.305. The second kappa shape index (κ2) is 42.6. The van der Waals surface area contributed by atoms with Gasteiger partial charge in [-0.15, -0.1) is 0 Å². The number of carbonyl (C=O) groups excluding carboxylic acids is 1. The molecule has 62 heavy (non-hydrogen) atoms. The van der Waals surface area contributed by atoms with Crippen LogP contribution in [-0.4, -0.2) is 89.6 Å². The quantitative estimate of drug-likeness (QED) is 0.0273. The van der Waals surface area contributed by atoms with Crippen molar-refractivity contribution in [3.8, 4) is 0 Å². The van der Waals surface area contributed by atoms with Gasteiger partial charge in [-0.25, -0.2) is 0 Å². The molecule has 0 aliphatic carbocycles. The number of allylic oxidation sites excluding steroid dienone is 22. The Labute approximate surface area is 375 Å². The second-order valence-electron chi connectivity index (χ2n) is 15.1. The number of aliphatic hydroxyl groups excluding tert-OH is 4. The lowest BCUT2D eigenvalue weighted by Crippen LogP contribution is -2.59. The minimum Gasteiger partial charge on any atom is -0.457 e. The number of esters is 1. The molecular weight excluding hydrogens is 781 g/mol. The van der Waals surface area contributed by atoms with Crippen LogP contribution in [0.15, 0.2) is 134 Å². The summed E-state index contributed by atoms with van der Waals surface area (Å²) in [6.45, 7) is 4.10. The Morgan fingerprint density at radius 1 is 0.516 bits per heavy atom. The Morgan fingerprint density at radius 2 is 0.935 bits per heavy atom. The lowest BCUT2D eigenvalue weighted by Gasteiger charge is -2.39. The van der Waals surface area contributed by atoms with E-state index < -0.39 is 43.4 Å². The fraction of sp³-hybridized carbons (Fsp3) is 0.566. The van der Waals surface area contributed by atoms with Crippen LogP contribution in [0.4, 0.5) is 0 Å². The highest BCUT2D eigenvalue weighted by atomic mass is 16.7. The van der Waals surface area contributed by atoms with E-state index in [1.165, 1.54) is 0 Å². The van der Waals surface area contributed by atoms with Crippen LogP contribution in [0.3, 0.4) is 0 Å². The largest absolute Gasteiger partial charge is 0.457 e. The third kappa shape index (κ3) is 33.0. The molecule has 0 radical (unpaired) electrons. The number of rotatable bonds is 37. The van der Waals surface area contributed by atoms with Gasteiger partial charge in [0.25, 0.3) is 0 Å². The van der Waals surface area contributed by atoms with E-state index in [2.05, 4.69) is 148 Å². The Bertz CT molecular complexity index is 1400. The Kier molecular flexibility index (Phi) is 38.7. The third-order valence-corrected chi connectivity index (χ3v) is 9.56. The van der Waals surface area contributed by atoms with E-state index in [1.54, 1.807) is 0 Å². The Hall–Kier alpha value is -3.67. The van der Waals surface area contributed by atoms with Crippen molar-refractivity contribution in [2.24, 2.45) is 0 Å². The van der Waals surface area contributed by atoms with Crippen LogP contribution < -0.4 is 0 Å². The summed E-state index contributed by atoms with van der Waals surface area (Å²) in [5, 5.41) is 40.1. The average molecular weight is 863 g/mol. The smallest absolute Gasteiger partial charge is 0.306 e. The van der Waals surface area contributed by atoms with Crippen LogP contribution >= 0.6 is 0 Å². The first-order valence-electron chi connectivity index (χ1n) is 23.3. The van der Waals surface area contributed by atoms with E-state index in [0.717, 1.165) is 103 Å². The van der Waals surface area contributed by atoms with Crippen molar-refractivity contribution >= 4 is 5.97 Å². The summed E-state index contributed by atoms with van der Waals surface area (Å²) in [4.78, 5) is 12.8. The van der Waals surface area contributed by atoms with Crippen LogP contribution in [0.2, 0.25) is 0 Å². The molecule has 348 valence electrons. The number of aliphatic hydroxyl groups is 4. The van der Waals surface area contributed by atoms with Crippen LogP contribution in [0, 0.1) is 0 Å². The fourth-order valence-electron chi connectivity index (χ4n) is 6.00. The summed E-state index contributed by atoms with van der Waals surface area (Å²) in [6.07, 6.45) is 56.3. The first-order chi connectivity index (χ1) is 30.4. The van der Waals surface area contributed by atoms with Gasteiger partial charge < -0.3 is 39.4 Å². The molecule has 6 atom stereocenters. The van der Waals surface area contributed by atoms with Crippen molar-refractivity contribution in [1.29, 1.82) is 0 Å². The molecular formula is C53H82O9. The van der Waals surface area contributed by atoms with Gasteiger partial charge in [0, 0.05) is 13.0 Å². The topological polar surface area (TPSA) is 135 Å². The summed E-state index contributed by atoms with van der Waals surface area (Å²) >= 11 is 0. The van der Waals surface area contributed by atoms with E-state index in [0.29, 0.717) is 13.0 Å². The summed E-state index contributed by atoms with van der Waals surface area (Å²) in [7, 11) is 0. The minimum atomic E-state index is -1.56. The molecule has 9 nitrogen and oxygen atoms in total. The van der Waals surface area contributed by atoms with Crippen LogP contribution in [-0.2, 0) is 23.7 Å². The molecule has 0 bridgehead atoms. The molecule has 1 aliphatic heterocycles. The van der Waals surface area contributed by atoms with Crippen LogP contribution in [0.1, 0.15) is 129 Å². The molecule has 1 saturated heterocycles. The standard InChI is InChI=1S/C53H82O9/c1-3-5-7-9-11-13-15-17-19-20-21-22-23-24-25-26-27-28-29-30-32-34-36-38-40-42-49(55)61-47(46-60-53-52(58)51(57)50(56)48(44-54)62-53)45-59-43-41-39-37-35-33-31-18-16-14-12-10-8-6-4-2/h5-8,11-14,17-19,21-22,24-25,27-28,30-32,35,37,47-48,50-54,56-58H,3-4,9-10,15-16,20,23,26,29,33-34,36,38-46H2,1-2H3/b7-5-,8-6-,13-11-,14-12-,19-17-,22-21-,25-24-,28-27-,31-18-,32-30-,37-35-. The highest BCUT2D eigenvalue weighted by Gasteiger charge is 2.44. The van der Waals surface area contributed by atoms with Crippen molar-refractivity contribution in [2.45, 2.75) is 166 Å². The zero-order valence-corrected chi connectivity index (χ0v) is 38.1. The van der Waals surface area contributed by atoms with E-state index in [4.69, 9.17) is 18.9 Å². The minimum absolute atomic E-state index is 0.0823. The first kappa shape index (κ1) is 56.3. The zero-order chi connectivity index (χ0) is 45.0. The molecule has 0 aromatic carbocycles. The summed E-state index contributed by atoms with van der Waals surface area (Å²) in [5.74, 6) is -0.371. The average Bonchev–Trinajstić information content (AvgIpc) is 3.27. The first-order valence-corrected chi connectivity index (χ1v) is 23.3. The second-order valence-corrected chi connectivity index (χ2v) is 15.1. The summed E-state index contributed by atoms with van der Waals surface area (Å²) in [5.41, 5.74) is 0. The summed E-state index contributed by atoms with van der Waals surface area (Å²) < 4.78 is 22.7. The van der Waals surface area contributed by atoms with Crippen molar-refractivity contribution in [3.05, 3.63) is 134 Å². The number of hydrogen-bond donors (Lipinski definition) is 4. The molecule has 4 N–H and O–H groups in total. The zero-order valence-electron chi connectivity index (χ0n) is 38.1. The molecule has 0 aromatic heterocycles. The number of carbonyl (C=O) groups is 1. The molecule has 0 spiro atoms. The highest BCUT2D eigenvalue weighted by molar-refractivity contribution is 5.69. The van der Waals surface area contributed by atoms with Gasteiger partial charge in [0.1, 0.15) is 30.5 Å². The molecule has 6 unspecified atom stereocenters. The van der Waals surface area contributed by atoms with E-state index >= 15 is 0 Å². The third-order valence-electron chi connectivity index (χ3n) is 9.56. The predicted molar refractivity (Wildman–Crippen MR) is 255 cm³/mol. The molecule has 0 saturated carbocycles. The molecule has 0 aromatic rings. The Morgan fingerprint density at radius 3 is 1.37 bits per heavy atom. The van der Waals surface area contributed by atoms with Crippen molar-refractivity contribution in [1.82, 2.24) is 0 Å². The molecule has 1 rings (SSSR count). The van der Waals surface area contributed by atoms with Crippen molar-refractivity contribution in [2.75, 3.05) is 26.4 Å². The Balaban J connectivity index is 2.32. The van der Waals surface area contributed by atoms with Gasteiger partial charge in [-0.2, -0.15) is 0 Å². The molecule has 1 fully saturated rings. The van der Waals surface area contributed by atoms with Gasteiger partial charge in [-0.3, -0.25) is 4.79 Å². The highest BCUT2D eigenvalue weighted by Crippen LogP contribution is 2.22. The van der Waals surface area contributed by atoms with Gasteiger partial charge >= 0.3 is 5.97 Å².